The van der Waals surface area contributed by atoms with E-state index in [9.17, 15) is 4.79 Å². The van der Waals surface area contributed by atoms with E-state index in [1.807, 2.05) is 6.07 Å². The van der Waals surface area contributed by atoms with Gasteiger partial charge in [0.2, 0.25) is 5.91 Å². The van der Waals surface area contributed by atoms with Crippen LogP contribution in [-0.2, 0) is 4.79 Å². The number of hydrogen-bond acceptors (Lipinski definition) is 3. The lowest BCUT2D eigenvalue weighted by molar-refractivity contribution is -0.139. The largest absolute Gasteiger partial charge is 0.333 e. The second kappa shape index (κ2) is 5.99. The van der Waals surface area contributed by atoms with Gasteiger partial charge in [0.1, 0.15) is 5.01 Å². The van der Waals surface area contributed by atoms with E-state index in [0.717, 1.165) is 42.8 Å². The third-order valence-electron chi connectivity index (χ3n) is 5.09. The van der Waals surface area contributed by atoms with Crippen molar-refractivity contribution in [2.75, 3.05) is 6.54 Å². The normalized spacial score (nSPS) is 23.3. The Bertz CT molecular complexity index is 642. The van der Waals surface area contributed by atoms with Crippen molar-refractivity contribution in [3.63, 3.8) is 0 Å². The summed E-state index contributed by atoms with van der Waals surface area (Å²) in [7, 11) is 0. The standard InChI is InChI=1S/C18H22N2OS/c21-18(13-7-1-2-8-13)20-12-6-5-10-15(20)17-19-14-9-3-4-11-16(14)22-17/h3-4,9,11,13,15H,1-2,5-8,10,12H2/t15-/m0/s1. The van der Waals surface area contributed by atoms with Crippen molar-refractivity contribution in [2.45, 2.75) is 51.0 Å². The van der Waals surface area contributed by atoms with Crippen LogP contribution in [0, 0.1) is 5.92 Å². The van der Waals surface area contributed by atoms with E-state index in [1.165, 1.54) is 24.0 Å². The molecule has 2 heterocycles. The van der Waals surface area contributed by atoms with Gasteiger partial charge in [0.05, 0.1) is 16.3 Å². The number of carbonyl (C=O) groups is 1. The van der Waals surface area contributed by atoms with Crippen molar-refractivity contribution in [1.29, 1.82) is 0 Å². The van der Waals surface area contributed by atoms with Crippen LogP contribution in [0.1, 0.15) is 56.0 Å². The number of benzene rings is 1. The monoisotopic (exact) mass is 314 g/mol. The topological polar surface area (TPSA) is 33.2 Å². The van der Waals surface area contributed by atoms with Crippen molar-refractivity contribution < 1.29 is 4.79 Å². The molecule has 1 atom stereocenters. The molecule has 2 aliphatic rings. The molecule has 2 aromatic rings. The Morgan fingerprint density at radius 1 is 1.09 bits per heavy atom. The van der Waals surface area contributed by atoms with Crippen molar-refractivity contribution in [3.8, 4) is 0 Å². The van der Waals surface area contributed by atoms with Crippen molar-refractivity contribution in [2.24, 2.45) is 5.92 Å². The lowest BCUT2D eigenvalue weighted by atomic mass is 9.98. The van der Waals surface area contributed by atoms with Gasteiger partial charge in [-0.25, -0.2) is 4.98 Å². The van der Waals surface area contributed by atoms with Crippen molar-refractivity contribution >= 4 is 27.5 Å². The molecule has 22 heavy (non-hydrogen) atoms. The van der Waals surface area contributed by atoms with E-state index in [1.54, 1.807) is 11.3 Å². The molecule has 1 saturated carbocycles. The minimum absolute atomic E-state index is 0.208. The number of amides is 1. The average Bonchev–Trinajstić information content (AvgIpc) is 3.23. The second-order valence-electron chi connectivity index (χ2n) is 6.54. The maximum atomic E-state index is 12.9. The van der Waals surface area contributed by atoms with Gasteiger partial charge in [-0.2, -0.15) is 0 Å². The SMILES string of the molecule is O=C(C1CCCC1)N1CCCC[C@H]1c1nc2ccccc2s1. The molecular formula is C18H22N2OS. The smallest absolute Gasteiger partial charge is 0.226 e. The van der Waals surface area contributed by atoms with Crippen molar-refractivity contribution in [1.82, 2.24) is 9.88 Å². The first kappa shape index (κ1) is 14.2. The Labute approximate surface area is 135 Å². The molecule has 0 spiro atoms. The van der Waals surface area contributed by atoms with Gasteiger partial charge in [0.15, 0.2) is 0 Å². The molecule has 1 aromatic carbocycles. The second-order valence-corrected chi connectivity index (χ2v) is 7.61. The van der Waals surface area contributed by atoms with Crippen LogP contribution >= 0.6 is 11.3 Å². The molecule has 3 nitrogen and oxygen atoms in total. The Morgan fingerprint density at radius 3 is 2.68 bits per heavy atom. The molecule has 0 unspecified atom stereocenters. The zero-order valence-electron chi connectivity index (χ0n) is 12.8. The van der Waals surface area contributed by atoms with Crippen LogP contribution in [0.5, 0.6) is 0 Å². The van der Waals surface area contributed by atoms with Gasteiger partial charge in [-0.05, 0) is 44.2 Å². The lowest BCUT2D eigenvalue weighted by Crippen LogP contribution is -2.41. The maximum absolute atomic E-state index is 12.9. The molecule has 0 N–H and O–H groups in total. The van der Waals surface area contributed by atoms with Crippen molar-refractivity contribution in [3.05, 3.63) is 29.3 Å². The summed E-state index contributed by atoms with van der Waals surface area (Å²) >= 11 is 1.76. The van der Waals surface area contributed by atoms with E-state index in [2.05, 4.69) is 23.1 Å². The number of likely N-dealkylation sites (tertiary alicyclic amines) is 1. The summed E-state index contributed by atoms with van der Waals surface area (Å²) in [6.45, 7) is 0.913. The molecular weight excluding hydrogens is 292 g/mol. The zero-order valence-corrected chi connectivity index (χ0v) is 13.6. The number of para-hydroxylation sites is 1. The minimum Gasteiger partial charge on any atom is -0.333 e. The van der Waals surface area contributed by atoms with Gasteiger partial charge in [-0.15, -0.1) is 11.3 Å². The highest BCUT2D eigenvalue weighted by atomic mass is 32.1. The molecule has 2 fully saturated rings. The summed E-state index contributed by atoms with van der Waals surface area (Å²) in [6.07, 6.45) is 8.02. The van der Waals surface area contributed by atoms with Gasteiger partial charge in [0, 0.05) is 12.5 Å². The fourth-order valence-electron chi connectivity index (χ4n) is 3.89. The molecule has 1 saturated heterocycles. The van der Waals surface area contributed by atoms with Gasteiger partial charge in [-0.1, -0.05) is 25.0 Å². The summed E-state index contributed by atoms with van der Waals surface area (Å²) in [4.78, 5) is 19.9. The third kappa shape index (κ3) is 2.54. The summed E-state index contributed by atoms with van der Waals surface area (Å²) in [6, 6.07) is 8.50. The molecule has 1 aliphatic heterocycles. The summed E-state index contributed by atoms with van der Waals surface area (Å²) < 4.78 is 1.23. The first-order valence-corrected chi connectivity index (χ1v) is 9.30. The summed E-state index contributed by atoms with van der Waals surface area (Å²) in [5.41, 5.74) is 1.07. The molecule has 4 heteroatoms. The average molecular weight is 314 g/mol. The summed E-state index contributed by atoms with van der Waals surface area (Å²) in [5.74, 6) is 0.663. The first-order chi connectivity index (χ1) is 10.8. The van der Waals surface area contributed by atoms with E-state index in [4.69, 9.17) is 4.98 Å². The number of rotatable bonds is 2. The Kier molecular flexibility index (Phi) is 3.87. The number of fused-ring (bicyclic) bond motifs is 1. The van der Waals surface area contributed by atoms with Gasteiger partial charge in [0.25, 0.3) is 0 Å². The predicted molar refractivity (Wildman–Crippen MR) is 89.9 cm³/mol. The fourth-order valence-corrected chi connectivity index (χ4v) is 5.01. The highest BCUT2D eigenvalue weighted by Gasteiger charge is 2.34. The maximum Gasteiger partial charge on any atom is 0.226 e. The number of carbonyl (C=O) groups excluding carboxylic acids is 1. The molecule has 0 bridgehead atoms. The Balaban J connectivity index is 1.63. The minimum atomic E-state index is 0.208. The predicted octanol–water partition coefficient (Wildman–Crippen LogP) is 4.54. The molecule has 116 valence electrons. The molecule has 0 radical (unpaired) electrons. The number of thiazole rings is 1. The van der Waals surface area contributed by atoms with Crippen LogP contribution < -0.4 is 0 Å². The van der Waals surface area contributed by atoms with Gasteiger partial charge < -0.3 is 4.90 Å². The number of piperidine rings is 1. The lowest BCUT2D eigenvalue weighted by Gasteiger charge is -2.36. The van der Waals surface area contributed by atoms with Crippen LogP contribution in [0.15, 0.2) is 24.3 Å². The van der Waals surface area contributed by atoms with E-state index in [-0.39, 0.29) is 12.0 Å². The summed E-state index contributed by atoms with van der Waals surface area (Å²) in [5, 5.41) is 1.13. The van der Waals surface area contributed by atoms with Crippen LogP contribution in [0.2, 0.25) is 0 Å². The number of hydrogen-bond donors (Lipinski definition) is 0. The number of nitrogens with zero attached hydrogens (tertiary/aromatic N) is 2. The van der Waals surface area contributed by atoms with Crippen LogP contribution in [0.3, 0.4) is 0 Å². The van der Waals surface area contributed by atoms with Crippen LogP contribution in [0.4, 0.5) is 0 Å². The van der Waals surface area contributed by atoms with E-state index >= 15 is 0 Å². The van der Waals surface area contributed by atoms with Crippen LogP contribution in [0.25, 0.3) is 10.2 Å². The highest BCUT2D eigenvalue weighted by molar-refractivity contribution is 7.18. The molecule has 1 aliphatic carbocycles. The van der Waals surface area contributed by atoms with E-state index in [0.29, 0.717) is 5.91 Å². The fraction of sp³-hybridized carbons (Fsp3) is 0.556. The zero-order chi connectivity index (χ0) is 14.9. The highest BCUT2D eigenvalue weighted by Crippen LogP contribution is 2.38. The Hall–Kier alpha value is -1.42. The molecule has 4 rings (SSSR count). The Morgan fingerprint density at radius 2 is 1.86 bits per heavy atom. The van der Waals surface area contributed by atoms with Gasteiger partial charge in [-0.3, -0.25) is 4.79 Å². The quantitative estimate of drug-likeness (QED) is 0.815. The van der Waals surface area contributed by atoms with E-state index < -0.39 is 0 Å². The number of aromatic nitrogens is 1. The first-order valence-electron chi connectivity index (χ1n) is 8.49. The molecule has 1 aromatic heterocycles. The third-order valence-corrected chi connectivity index (χ3v) is 6.22. The van der Waals surface area contributed by atoms with Crippen LogP contribution in [-0.4, -0.2) is 22.3 Å². The van der Waals surface area contributed by atoms with Gasteiger partial charge >= 0.3 is 0 Å². The molecule has 1 amide bonds.